The van der Waals surface area contributed by atoms with Crippen LogP contribution in [0.4, 0.5) is 0 Å². The van der Waals surface area contributed by atoms with Crippen molar-refractivity contribution in [1.29, 1.82) is 0 Å². The quantitative estimate of drug-likeness (QED) is 0.230. The van der Waals surface area contributed by atoms with Crippen molar-refractivity contribution in [2.45, 2.75) is 44.1 Å². The van der Waals surface area contributed by atoms with Crippen LogP contribution in [0.5, 0.6) is 5.75 Å². The Morgan fingerprint density at radius 3 is 2.68 bits per heavy atom. The van der Waals surface area contributed by atoms with Gasteiger partial charge in [-0.1, -0.05) is 54.4 Å². The number of hydrogen-bond acceptors (Lipinski definition) is 3. The number of para-hydroxylation sites is 1. The molecule has 192 valence electrons. The van der Waals surface area contributed by atoms with Crippen molar-refractivity contribution in [3.63, 3.8) is 0 Å². The van der Waals surface area contributed by atoms with E-state index in [1.54, 1.807) is 0 Å². The summed E-state index contributed by atoms with van der Waals surface area (Å²) in [5.41, 5.74) is 6.44. The number of aryl methyl sites for hydroxylation is 1. The lowest BCUT2D eigenvalue weighted by atomic mass is 9.86. The summed E-state index contributed by atoms with van der Waals surface area (Å²) in [5.74, 6) is 0.144. The van der Waals surface area contributed by atoms with Gasteiger partial charge in [-0.25, -0.2) is 4.98 Å². The predicted molar refractivity (Wildman–Crippen MR) is 151 cm³/mol. The third kappa shape index (κ3) is 4.63. The molecule has 0 radical (unpaired) electrons. The number of hydrogen-bond donors (Lipinski definition) is 1. The van der Waals surface area contributed by atoms with Crippen LogP contribution in [-0.4, -0.2) is 20.6 Å². The van der Waals surface area contributed by atoms with Gasteiger partial charge in [-0.2, -0.15) is 0 Å². The monoisotopic (exact) mass is 524 g/mol. The fourth-order valence-corrected chi connectivity index (χ4v) is 6.17. The van der Waals surface area contributed by atoms with E-state index in [0.717, 1.165) is 58.2 Å². The van der Waals surface area contributed by atoms with Gasteiger partial charge in [0, 0.05) is 46.4 Å². The maximum absolute atomic E-state index is 11.8. The van der Waals surface area contributed by atoms with Gasteiger partial charge in [-0.15, -0.1) is 0 Å². The van der Waals surface area contributed by atoms with Crippen molar-refractivity contribution < 1.29 is 14.6 Å². The number of halogens is 1. The lowest BCUT2D eigenvalue weighted by Gasteiger charge is -2.19. The molecule has 0 saturated heterocycles. The molecule has 0 bridgehead atoms. The normalized spacial score (nSPS) is 17.3. The summed E-state index contributed by atoms with van der Waals surface area (Å²) in [6, 6.07) is 26.4. The standard InChI is InChI=1S/C32H29ClN2O3/c1-35-29-18-25(38-19-24-14-11-21-5-2-3-8-28(21)34-24)15-16-27(29)31-26(20-9-12-23(33)13-10-20)7-4-6-22(32(31)35)17-30(36)37/h2-3,5,8-16,18,22,26H,4,6-7,17,19H2,1H3,(H,36,37). The molecule has 0 saturated carbocycles. The molecular weight excluding hydrogens is 496 g/mol. The van der Waals surface area contributed by atoms with Gasteiger partial charge in [0.15, 0.2) is 0 Å². The van der Waals surface area contributed by atoms with Crippen LogP contribution in [-0.2, 0) is 18.4 Å². The highest BCUT2D eigenvalue weighted by Gasteiger charge is 2.32. The zero-order chi connectivity index (χ0) is 26.2. The summed E-state index contributed by atoms with van der Waals surface area (Å²) in [4.78, 5) is 16.5. The van der Waals surface area contributed by atoms with Crippen LogP contribution in [0.25, 0.3) is 21.8 Å². The minimum Gasteiger partial charge on any atom is -0.487 e. The average molecular weight is 525 g/mol. The summed E-state index contributed by atoms with van der Waals surface area (Å²) in [6.45, 7) is 0.371. The second-order valence-corrected chi connectivity index (χ2v) is 10.6. The largest absolute Gasteiger partial charge is 0.487 e. The maximum atomic E-state index is 11.8. The first-order chi connectivity index (χ1) is 18.5. The lowest BCUT2D eigenvalue weighted by molar-refractivity contribution is -0.137. The first-order valence-electron chi connectivity index (χ1n) is 13.0. The molecule has 5 nitrogen and oxygen atoms in total. The number of ether oxygens (including phenoxy) is 1. The number of fused-ring (bicyclic) bond motifs is 4. The number of carbonyl (C=O) groups is 1. The Bertz CT molecular complexity index is 1640. The van der Waals surface area contributed by atoms with Crippen LogP contribution >= 0.6 is 11.6 Å². The average Bonchev–Trinajstić information content (AvgIpc) is 3.07. The number of aromatic nitrogens is 2. The Hall–Kier alpha value is -3.83. The fraction of sp³-hybridized carbons (Fsp3) is 0.250. The van der Waals surface area contributed by atoms with Crippen LogP contribution in [0, 0.1) is 0 Å². The van der Waals surface area contributed by atoms with E-state index in [9.17, 15) is 9.90 Å². The van der Waals surface area contributed by atoms with E-state index in [4.69, 9.17) is 21.3 Å². The van der Waals surface area contributed by atoms with Crippen LogP contribution in [0.1, 0.15) is 60.0 Å². The SMILES string of the molecule is Cn1c2c(c3ccc(OCc4ccc5ccccc5n4)cc31)C(c1ccc(Cl)cc1)CCCC2CC(=O)O. The number of benzene rings is 3. The van der Waals surface area contributed by atoms with Crippen molar-refractivity contribution in [2.75, 3.05) is 0 Å². The van der Waals surface area contributed by atoms with Crippen LogP contribution in [0.15, 0.2) is 78.9 Å². The molecule has 2 aromatic heterocycles. The van der Waals surface area contributed by atoms with Crippen LogP contribution < -0.4 is 4.74 Å². The zero-order valence-electron chi connectivity index (χ0n) is 21.2. The van der Waals surface area contributed by atoms with Gasteiger partial charge < -0.3 is 14.4 Å². The minimum absolute atomic E-state index is 0.0385. The van der Waals surface area contributed by atoms with Crippen molar-refractivity contribution in [2.24, 2.45) is 7.05 Å². The van der Waals surface area contributed by atoms with Gasteiger partial charge >= 0.3 is 5.97 Å². The van der Waals surface area contributed by atoms with Crippen molar-refractivity contribution in [3.05, 3.63) is 106 Å². The van der Waals surface area contributed by atoms with Gasteiger partial charge in [0.25, 0.3) is 0 Å². The molecular formula is C32H29ClN2O3. The van der Waals surface area contributed by atoms with Gasteiger partial charge in [0.05, 0.1) is 23.1 Å². The van der Waals surface area contributed by atoms with Crippen molar-refractivity contribution in [1.82, 2.24) is 9.55 Å². The van der Waals surface area contributed by atoms with E-state index in [2.05, 4.69) is 48.0 Å². The van der Waals surface area contributed by atoms with E-state index in [1.807, 2.05) is 42.5 Å². The molecule has 1 aliphatic carbocycles. The van der Waals surface area contributed by atoms with Crippen molar-refractivity contribution in [3.8, 4) is 5.75 Å². The molecule has 2 heterocycles. The highest BCUT2D eigenvalue weighted by atomic mass is 35.5. The first kappa shape index (κ1) is 24.5. The summed E-state index contributed by atoms with van der Waals surface area (Å²) < 4.78 is 8.38. The molecule has 3 aromatic carbocycles. The van der Waals surface area contributed by atoms with E-state index < -0.39 is 5.97 Å². The summed E-state index contributed by atoms with van der Waals surface area (Å²) >= 11 is 6.19. The highest BCUT2D eigenvalue weighted by Crippen LogP contribution is 2.46. The summed E-state index contributed by atoms with van der Waals surface area (Å²) in [5, 5.41) is 12.7. The molecule has 6 heteroatoms. The number of carboxylic acid groups (broad SMARTS) is 1. The Kier molecular flexibility index (Phi) is 6.54. The molecule has 1 N–H and O–H groups in total. The van der Waals surface area contributed by atoms with Crippen LogP contribution in [0.2, 0.25) is 5.02 Å². The Morgan fingerprint density at radius 2 is 1.87 bits per heavy atom. The van der Waals surface area contributed by atoms with Crippen LogP contribution in [0.3, 0.4) is 0 Å². The zero-order valence-corrected chi connectivity index (χ0v) is 22.0. The number of nitrogens with zero attached hydrogens (tertiary/aromatic N) is 2. The molecule has 0 amide bonds. The molecule has 1 aliphatic rings. The van der Waals surface area contributed by atoms with Gasteiger partial charge in [-0.3, -0.25) is 4.79 Å². The summed E-state index contributed by atoms with van der Waals surface area (Å²) in [7, 11) is 2.05. The number of carboxylic acids is 1. The molecule has 2 unspecified atom stereocenters. The highest BCUT2D eigenvalue weighted by molar-refractivity contribution is 6.30. The molecule has 5 aromatic rings. The Labute approximate surface area is 226 Å². The predicted octanol–water partition coefficient (Wildman–Crippen LogP) is 7.83. The molecule has 2 atom stereocenters. The third-order valence-corrected chi connectivity index (χ3v) is 8.03. The number of aliphatic carboxylic acids is 1. The number of pyridine rings is 1. The Balaban J connectivity index is 1.39. The molecule has 6 rings (SSSR count). The minimum atomic E-state index is -0.761. The van der Waals surface area contributed by atoms with E-state index in [1.165, 1.54) is 11.1 Å². The topological polar surface area (TPSA) is 64.4 Å². The maximum Gasteiger partial charge on any atom is 0.304 e. The van der Waals surface area contributed by atoms with E-state index in [-0.39, 0.29) is 18.3 Å². The molecule has 38 heavy (non-hydrogen) atoms. The molecule has 0 spiro atoms. The Morgan fingerprint density at radius 1 is 1.05 bits per heavy atom. The third-order valence-electron chi connectivity index (χ3n) is 7.77. The molecule has 0 fully saturated rings. The number of rotatable bonds is 6. The van der Waals surface area contributed by atoms with Gasteiger partial charge in [0.1, 0.15) is 12.4 Å². The second kappa shape index (κ2) is 10.1. The van der Waals surface area contributed by atoms with Gasteiger partial charge in [-0.05, 0) is 60.4 Å². The fourth-order valence-electron chi connectivity index (χ4n) is 6.05. The van der Waals surface area contributed by atoms with E-state index in [0.29, 0.717) is 11.6 Å². The second-order valence-electron chi connectivity index (χ2n) is 10.2. The first-order valence-corrected chi connectivity index (χ1v) is 13.4. The smallest absolute Gasteiger partial charge is 0.304 e. The van der Waals surface area contributed by atoms with E-state index >= 15 is 0 Å². The lowest BCUT2D eigenvalue weighted by Crippen LogP contribution is -2.11. The van der Waals surface area contributed by atoms with Gasteiger partial charge in [0.2, 0.25) is 0 Å². The summed E-state index contributed by atoms with van der Waals surface area (Å²) in [6.07, 6.45) is 2.92. The van der Waals surface area contributed by atoms with Crippen molar-refractivity contribution >= 4 is 39.4 Å². The molecule has 0 aliphatic heterocycles.